The van der Waals surface area contributed by atoms with Gasteiger partial charge in [0, 0.05) is 18.3 Å². The topological polar surface area (TPSA) is 66.5 Å². The maximum atomic E-state index is 3.95. The summed E-state index contributed by atoms with van der Waals surface area (Å²) in [6.07, 6.45) is 5.34. The fourth-order valence-electron chi connectivity index (χ4n) is 1.12. The van der Waals surface area contributed by atoms with Gasteiger partial charge in [-0.3, -0.25) is 5.10 Å². The lowest BCUT2D eigenvalue weighted by molar-refractivity contribution is 0.988. The third-order valence-electron chi connectivity index (χ3n) is 1.82. The maximum absolute atomic E-state index is 3.95. The van der Waals surface area contributed by atoms with Crippen LogP contribution in [-0.2, 0) is 6.54 Å². The third kappa shape index (κ3) is 2.07. The zero-order valence-electron chi connectivity index (χ0n) is 7.86. The minimum Gasteiger partial charge on any atom is -0.364 e. The van der Waals surface area contributed by atoms with Crippen molar-refractivity contribution in [1.82, 2.24) is 20.4 Å². The van der Waals surface area contributed by atoms with Gasteiger partial charge >= 0.3 is 0 Å². The Kier molecular flexibility index (Phi) is 2.40. The Morgan fingerprint density at radius 3 is 3.07 bits per heavy atom. The van der Waals surface area contributed by atoms with Gasteiger partial charge in [-0.1, -0.05) is 0 Å². The predicted octanol–water partition coefficient (Wildman–Crippen LogP) is 1.12. The van der Waals surface area contributed by atoms with E-state index in [0.29, 0.717) is 6.54 Å². The Morgan fingerprint density at radius 2 is 2.36 bits per heavy atom. The molecule has 5 heteroatoms. The van der Waals surface area contributed by atoms with Crippen LogP contribution in [0.3, 0.4) is 0 Å². The molecule has 0 saturated carbocycles. The number of rotatable bonds is 3. The molecule has 0 aliphatic heterocycles. The Labute approximate surface area is 81.6 Å². The van der Waals surface area contributed by atoms with E-state index in [1.807, 2.05) is 19.2 Å². The summed E-state index contributed by atoms with van der Waals surface area (Å²) in [6.45, 7) is 2.69. The number of hydrogen-bond acceptors (Lipinski definition) is 4. The van der Waals surface area contributed by atoms with E-state index in [1.165, 1.54) is 0 Å². The van der Waals surface area contributed by atoms with Gasteiger partial charge in [0.05, 0.1) is 12.4 Å². The molecule has 0 bridgehead atoms. The molecule has 0 aromatic carbocycles. The van der Waals surface area contributed by atoms with E-state index in [2.05, 4.69) is 25.7 Å². The normalized spacial score (nSPS) is 10.1. The van der Waals surface area contributed by atoms with Gasteiger partial charge in [0.2, 0.25) is 0 Å². The Hall–Kier alpha value is -1.91. The minimum absolute atomic E-state index is 0.703. The second kappa shape index (κ2) is 3.87. The van der Waals surface area contributed by atoms with Crippen LogP contribution in [0.5, 0.6) is 0 Å². The van der Waals surface area contributed by atoms with Gasteiger partial charge in [-0.05, 0) is 18.6 Å². The first-order valence-electron chi connectivity index (χ1n) is 4.35. The zero-order valence-corrected chi connectivity index (χ0v) is 7.86. The lowest BCUT2D eigenvalue weighted by atomic mass is 10.3. The molecule has 2 aromatic heterocycles. The molecule has 2 N–H and O–H groups in total. The molecule has 0 atom stereocenters. The average molecular weight is 189 g/mol. The van der Waals surface area contributed by atoms with E-state index in [0.717, 1.165) is 16.9 Å². The van der Waals surface area contributed by atoms with Gasteiger partial charge in [-0.25, -0.2) is 0 Å². The zero-order chi connectivity index (χ0) is 9.80. The molecule has 0 radical (unpaired) electrons. The van der Waals surface area contributed by atoms with E-state index >= 15 is 0 Å². The molecule has 5 nitrogen and oxygen atoms in total. The van der Waals surface area contributed by atoms with Crippen LogP contribution in [0.1, 0.15) is 11.1 Å². The highest BCUT2D eigenvalue weighted by atomic mass is 15.2. The van der Waals surface area contributed by atoms with Gasteiger partial charge < -0.3 is 5.32 Å². The van der Waals surface area contributed by atoms with Gasteiger partial charge in [-0.15, -0.1) is 5.10 Å². The lowest BCUT2D eigenvalue weighted by Gasteiger charge is -2.02. The summed E-state index contributed by atoms with van der Waals surface area (Å²) in [5, 5.41) is 17.6. The summed E-state index contributed by atoms with van der Waals surface area (Å²) < 4.78 is 0. The van der Waals surface area contributed by atoms with Crippen molar-refractivity contribution in [2.45, 2.75) is 13.5 Å². The molecule has 14 heavy (non-hydrogen) atoms. The lowest BCUT2D eigenvalue weighted by Crippen LogP contribution is -2.01. The number of H-pyrrole nitrogens is 1. The number of aromatic nitrogens is 4. The molecule has 2 heterocycles. The minimum atomic E-state index is 0.703. The van der Waals surface area contributed by atoms with Gasteiger partial charge in [-0.2, -0.15) is 10.2 Å². The molecule has 0 saturated heterocycles. The largest absolute Gasteiger partial charge is 0.364 e. The highest BCUT2D eigenvalue weighted by molar-refractivity contribution is 5.35. The van der Waals surface area contributed by atoms with Crippen LogP contribution in [0.25, 0.3) is 0 Å². The summed E-state index contributed by atoms with van der Waals surface area (Å²) in [5.74, 6) is 0.784. The van der Waals surface area contributed by atoms with E-state index in [-0.39, 0.29) is 0 Å². The summed E-state index contributed by atoms with van der Waals surface area (Å²) in [4.78, 5) is 0. The van der Waals surface area contributed by atoms with Gasteiger partial charge in [0.1, 0.15) is 5.82 Å². The van der Waals surface area contributed by atoms with Crippen LogP contribution in [0, 0.1) is 6.92 Å². The van der Waals surface area contributed by atoms with Crippen LogP contribution in [0.15, 0.2) is 24.7 Å². The quantitative estimate of drug-likeness (QED) is 0.759. The van der Waals surface area contributed by atoms with E-state index in [4.69, 9.17) is 0 Å². The number of nitrogens with one attached hydrogen (secondary N) is 2. The first-order valence-corrected chi connectivity index (χ1v) is 4.35. The predicted molar refractivity (Wildman–Crippen MR) is 52.7 cm³/mol. The van der Waals surface area contributed by atoms with Crippen LogP contribution >= 0.6 is 0 Å². The number of aromatic amines is 1. The van der Waals surface area contributed by atoms with Crippen molar-refractivity contribution in [3.63, 3.8) is 0 Å². The highest BCUT2D eigenvalue weighted by Crippen LogP contribution is 2.05. The molecule has 72 valence electrons. The molecule has 0 spiro atoms. The van der Waals surface area contributed by atoms with Crippen LogP contribution < -0.4 is 5.32 Å². The Bertz CT molecular complexity index is 395. The summed E-state index contributed by atoms with van der Waals surface area (Å²) in [5.41, 5.74) is 2.18. The maximum Gasteiger partial charge on any atom is 0.149 e. The highest BCUT2D eigenvalue weighted by Gasteiger charge is 1.96. The number of anilines is 1. The van der Waals surface area contributed by atoms with Crippen molar-refractivity contribution in [2.75, 3.05) is 5.32 Å². The second-order valence-corrected chi connectivity index (χ2v) is 3.08. The number of aryl methyl sites for hydroxylation is 1. The number of hydrogen-bond donors (Lipinski definition) is 2. The average Bonchev–Trinajstić information content (AvgIpc) is 2.67. The third-order valence-corrected chi connectivity index (χ3v) is 1.82. The van der Waals surface area contributed by atoms with E-state index < -0.39 is 0 Å². The smallest absolute Gasteiger partial charge is 0.149 e. The van der Waals surface area contributed by atoms with Crippen LogP contribution in [-0.4, -0.2) is 20.4 Å². The molecule has 0 amide bonds. The Morgan fingerprint density at radius 1 is 1.43 bits per heavy atom. The van der Waals surface area contributed by atoms with Crippen LogP contribution in [0.4, 0.5) is 5.82 Å². The molecule has 0 fully saturated rings. The molecule has 0 aliphatic rings. The van der Waals surface area contributed by atoms with Gasteiger partial charge in [0.25, 0.3) is 0 Å². The molecule has 2 rings (SSSR count). The summed E-state index contributed by atoms with van der Waals surface area (Å²) >= 11 is 0. The van der Waals surface area contributed by atoms with Crippen molar-refractivity contribution in [3.05, 3.63) is 35.8 Å². The molecular weight excluding hydrogens is 178 g/mol. The fourth-order valence-corrected chi connectivity index (χ4v) is 1.12. The molecule has 0 unspecified atom stereocenters. The second-order valence-electron chi connectivity index (χ2n) is 3.08. The van der Waals surface area contributed by atoms with Crippen molar-refractivity contribution >= 4 is 5.82 Å². The van der Waals surface area contributed by atoms with Crippen molar-refractivity contribution < 1.29 is 0 Å². The van der Waals surface area contributed by atoms with Crippen LogP contribution in [0.2, 0.25) is 0 Å². The molecular formula is C9H11N5. The first kappa shape index (κ1) is 8.68. The van der Waals surface area contributed by atoms with Crippen molar-refractivity contribution in [3.8, 4) is 0 Å². The first-order chi connectivity index (χ1) is 6.84. The monoisotopic (exact) mass is 189 g/mol. The van der Waals surface area contributed by atoms with Crippen molar-refractivity contribution in [2.24, 2.45) is 0 Å². The van der Waals surface area contributed by atoms with E-state index in [1.54, 1.807) is 12.4 Å². The fraction of sp³-hybridized carbons (Fsp3) is 0.222. The SMILES string of the molecule is Cc1cnnc(NCc2cn[nH]c2)c1. The summed E-state index contributed by atoms with van der Waals surface area (Å²) in [6, 6.07) is 1.95. The van der Waals surface area contributed by atoms with Gasteiger partial charge in [0.15, 0.2) is 0 Å². The van der Waals surface area contributed by atoms with Crippen molar-refractivity contribution in [1.29, 1.82) is 0 Å². The molecule has 0 aliphatic carbocycles. The van der Waals surface area contributed by atoms with E-state index in [9.17, 15) is 0 Å². The standard InChI is InChI=1S/C9H11N5/c1-7-2-9(14-13-3-7)10-4-8-5-11-12-6-8/h2-3,5-6H,4H2,1H3,(H,10,14)(H,11,12). The number of nitrogens with zero attached hydrogens (tertiary/aromatic N) is 3. The summed E-state index contributed by atoms with van der Waals surface area (Å²) in [7, 11) is 0. The Balaban J connectivity index is 1.98. The molecule has 2 aromatic rings.